The standard InChI is InChI=1S/C18H23O4P/c1-5-23(20,21,22)16-9-7-6-8-15(16)18(19)17-13(3)10-12(2)11-14(17)4/h6-11,20-22H,5H2,1-4H3. The first-order valence-electron chi connectivity index (χ1n) is 7.53. The van der Waals surface area contributed by atoms with Crippen LogP contribution in [0.2, 0.25) is 0 Å². The Morgan fingerprint density at radius 3 is 2.04 bits per heavy atom. The monoisotopic (exact) mass is 334 g/mol. The number of aryl methyl sites for hydroxylation is 3. The van der Waals surface area contributed by atoms with Crippen molar-refractivity contribution in [2.24, 2.45) is 0 Å². The molecule has 4 nitrogen and oxygen atoms in total. The molecule has 0 bridgehead atoms. The molecule has 0 aliphatic rings. The molecule has 0 radical (unpaired) electrons. The van der Waals surface area contributed by atoms with Crippen LogP contribution in [-0.2, 0) is 0 Å². The molecule has 0 unspecified atom stereocenters. The van der Waals surface area contributed by atoms with E-state index in [0.29, 0.717) is 5.56 Å². The van der Waals surface area contributed by atoms with Crippen molar-refractivity contribution in [3.8, 4) is 0 Å². The van der Waals surface area contributed by atoms with Gasteiger partial charge < -0.3 is 0 Å². The van der Waals surface area contributed by atoms with E-state index in [2.05, 4.69) is 0 Å². The normalized spacial score (nSPS) is 13.4. The van der Waals surface area contributed by atoms with Gasteiger partial charge in [0, 0.05) is 0 Å². The quantitative estimate of drug-likeness (QED) is 0.593. The molecule has 0 aliphatic carbocycles. The molecule has 0 atom stereocenters. The van der Waals surface area contributed by atoms with E-state index in [4.69, 9.17) is 0 Å². The molecule has 0 saturated carbocycles. The van der Waals surface area contributed by atoms with Gasteiger partial charge in [-0.15, -0.1) is 0 Å². The van der Waals surface area contributed by atoms with Crippen LogP contribution in [0.5, 0.6) is 0 Å². The minimum absolute atomic E-state index is 0.0784. The third kappa shape index (κ3) is 3.36. The van der Waals surface area contributed by atoms with E-state index >= 15 is 0 Å². The van der Waals surface area contributed by atoms with Crippen molar-refractivity contribution in [1.29, 1.82) is 0 Å². The summed E-state index contributed by atoms with van der Waals surface area (Å²) in [5, 5.41) is -0.0784. The number of hydrogen-bond acceptors (Lipinski definition) is 4. The summed E-state index contributed by atoms with van der Waals surface area (Å²) in [7, 11) is -5.04. The molecule has 0 fully saturated rings. The summed E-state index contributed by atoms with van der Waals surface area (Å²) in [6.45, 7) is 7.15. The van der Waals surface area contributed by atoms with Crippen LogP contribution in [0.25, 0.3) is 0 Å². The summed E-state index contributed by atoms with van der Waals surface area (Å²) >= 11 is 0. The molecule has 2 rings (SSSR count). The van der Waals surface area contributed by atoms with Crippen LogP contribution in [0.15, 0.2) is 36.4 Å². The third-order valence-corrected chi connectivity index (χ3v) is 6.67. The number of carbonyl (C=O) groups excluding carboxylic acids is 1. The molecule has 5 heteroatoms. The number of ketones is 1. The Bertz CT molecular complexity index is 749. The van der Waals surface area contributed by atoms with Gasteiger partial charge in [-0.2, -0.15) is 0 Å². The van der Waals surface area contributed by atoms with E-state index in [-0.39, 0.29) is 22.8 Å². The fourth-order valence-electron chi connectivity index (χ4n) is 2.91. The third-order valence-electron chi connectivity index (χ3n) is 4.13. The molecule has 23 heavy (non-hydrogen) atoms. The zero-order chi connectivity index (χ0) is 17.4. The molecular weight excluding hydrogens is 311 g/mol. The van der Waals surface area contributed by atoms with Gasteiger partial charge in [0.1, 0.15) is 0 Å². The number of carbonyl (C=O) groups is 1. The number of benzene rings is 2. The predicted octanol–water partition coefficient (Wildman–Crippen LogP) is 2.76. The summed E-state index contributed by atoms with van der Waals surface area (Å²) in [5.41, 5.74) is 3.38. The van der Waals surface area contributed by atoms with Gasteiger partial charge in [0.05, 0.1) is 0 Å². The fraction of sp³-hybridized carbons (Fsp3) is 0.278. The Hall–Kier alpha value is -1.58. The molecule has 0 spiro atoms. The summed E-state index contributed by atoms with van der Waals surface area (Å²) in [6.07, 6.45) is -0.234. The van der Waals surface area contributed by atoms with Gasteiger partial charge in [0.2, 0.25) is 0 Å². The zero-order valence-corrected chi connectivity index (χ0v) is 14.8. The molecule has 2 aromatic carbocycles. The Labute approximate surface area is 136 Å². The summed E-state index contributed by atoms with van der Waals surface area (Å²) in [6, 6.07) is 10.0. The van der Waals surface area contributed by atoms with E-state index in [0.717, 1.165) is 16.7 Å². The van der Waals surface area contributed by atoms with Gasteiger partial charge in [-0.1, -0.05) is 0 Å². The van der Waals surface area contributed by atoms with E-state index in [1.807, 2.05) is 32.9 Å². The van der Waals surface area contributed by atoms with Crippen molar-refractivity contribution in [3.05, 3.63) is 64.2 Å². The molecule has 124 valence electrons. The molecule has 0 aromatic heterocycles. The topological polar surface area (TPSA) is 77.8 Å². The van der Waals surface area contributed by atoms with E-state index in [1.54, 1.807) is 12.1 Å². The Balaban J connectivity index is 2.68. The molecule has 0 saturated heterocycles. The molecular formula is C18H23O4P. The van der Waals surface area contributed by atoms with E-state index in [1.165, 1.54) is 19.1 Å². The molecule has 0 amide bonds. The second-order valence-corrected chi connectivity index (χ2v) is 9.50. The Morgan fingerprint density at radius 1 is 1.00 bits per heavy atom. The average molecular weight is 334 g/mol. The van der Waals surface area contributed by atoms with Gasteiger partial charge in [-0.3, -0.25) is 0 Å². The van der Waals surface area contributed by atoms with E-state index in [9.17, 15) is 19.5 Å². The van der Waals surface area contributed by atoms with Crippen LogP contribution in [-0.4, -0.2) is 26.6 Å². The van der Waals surface area contributed by atoms with Crippen molar-refractivity contribution in [3.63, 3.8) is 0 Å². The first-order valence-corrected chi connectivity index (χ1v) is 9.81. The maximum absolute atomic E-state index is 13.0. The molecule has 2 aromatic rings. The summed E-state index contributed by atoms with van der Waals surface area (Å²) < 4.78 is 0. The SMILES string of the molecule is CCP(O)(O)(O)c1ccccc1C(=O)c1c(C)cc(C)cc1C. The van der Waals surface area contributed by atoms with Crippen LogP contribution < -0.4 is 5.30 Å². The van der Waals surface area contributed by atoms with Crippen LogP contribution in [0, 0.1) is 20.8 Å². The number of hydrogen-bond donors (Lipinski definition) is 3. The van der Waals surface area contributed by atoms with Crippen molar-refractivity contribution < 1.29 is 19.5 Å². The average Bonchev–Trinajstić information content (AvgIpc) is 2.46. The van der Waals surface area contributed by atoms with Crippen molar-refractivity contribution >= 4 is 18.4 Å². The van der Waals surface area contributed by atoms with Crippen LogP contribution in [0.1, 0.15) is 39.5 Å². The van der Waals surface area contributed by atoms with Crippen molar-refractivity contribution in [1.82, 2.24) is 0 Å². The van der Waals surface area contributed by atoms with Gasteiger partial charge in [-0.25, -0.2) is 0 Å². The minimum atomic E-state index is -5.04. The maximum atomic E-state index is 13.0. The van der Waals surface area contributed by atoms with Crippen molar-refractivity contribution in [2.45, 2.75) is 27.7 Å². The van der Waals surface area contributed by atoms with Gasteiger partial charge in [0.25, 0.3) is 0 Å². The number of rotatable bonds is 4. The van der Waals surface area contributed by atoms with Gasteiger partial charge in [0.15, 0.2) is 0 Å². The first-order chi connectivity index (χ1) is 10.5. The predicted molar refractivity (Wildman–Crippen MR) is 94.3 cm³/mol. The van der Waals surface area contributed by atoms with Gasteiger partial charge >= 0.3 is 136 Å². The molecule has 3 N–H and O–H groups in total. The fourth-order valence-corrected chi connectivity index (χ4v) is 4.31. The van der Waals surface area contributed by atoms with Crippen LogP contribution in [0.3, 0.4) is 0 Å². The zero-order valence-electron chi connectivity index (χ0n) is 13.9. The molecule has 0 aliphatic heterocycles. The molecule has 0 heterocycles. The first kappa shape index (κ1) is 17.8. The second-order valence-electron chi connectivity index (χ2n) is 6.09. The summed E-state index contributed by atoms with van der Waals surface area (Å²) in [5.74, 6) is -0.310. The van der Waals surface area contributed by atoms with Gasteiger partial charge in [-0.05, 0) is 0 Å². The Morgan fingerprint density at radius 2 is 1.52 bits per heavy atom. The second kappa shape index (κ2) is 5.81. The van der Waals surface area contributed by atoms with Crippen molar-refractivity contribution in [2.75, 3.05) is 6.16 Å². The van der Waals surface area contributed by atoms with E-state index < -0.39 is 7.28 Å². The van der Waals surface area contributed by atoms with Crippen LogP contribution >= 0.6 is 7.28 Å². The van der Waals surface area contributed by atoms with Crippen LogP contribution in [0.4, 0.5) is 0 Å². The Kier molecular flexibility index (Phi) is 4.49. The summed E-state index contributed by atoms with van der Waals surface area (Å²) in [4.78, 5) is 43.9.